The van der Waals surface area contributed by atoms with Gasteiger partial charge in [-0.05, 0) is 43.5 Å². The Morgan fingerprint density at radius 1 is 1.35 bits per heavy atom. The van der Waals surface area contributed by atoms with Crippen molar-refractivity contribution >= 4 is 21.6 Å². The smallest absolute Gasteiger partial charge is 0.241 e. The van der Waals surface area contributed by atoms with Crippen LogP contribution in [0.1, 0.15) is 18.4 Å². The first kappa shape index (κ1) is 14.8. The van der Waals surface area contributed by atoms with Crippen LogP contribution in [0.2, 0.25) is 0 Å². The van der Waals surface area contributed by atoms with Gasteiger partial charge in [0.1, 0.15) is 0 Å². The molecule has 0 spiro atoms. The number of benzene rings is 1. The minimum absolute atomic E-state index is 0.124. The fraction of sp³-hybridized carbons (Fsp3) is 0.462. The summed E-state index contributed by atoms with van der Waals surface area (Å²) >= 11 is 0. The Kier molecular flexibility index (Phi) is 4.29. The van der Waals surface area contributed by atoms with Crippen LogP contribution >= 0.6 is 0 Å². The SMILES string of the molecule is Cc1cc(S(=O)(=O)NCC(=O)N2CCCC2)ccc1N. The summed E-state index contributed by atoms with van der Waals surface area (Å²) in [6.45, 7) is 2.96. The van der Waals surface area contributed by atoms with E-state index in [1.165, 1.54) is 12.1 Å². The van der Waals surface area contributed by atoms with Gasteiger partial charge in [-0.3, -0.25) is 4.79 Å². The molecule has 1 heterocycles. The average Bonchev–Trinajstić information content (AvgIpc) is 2.93. The third kappa shape index (κ3) is 3.29. The number of nitrogens with zero attached hydrogens (tertiary/aromatic N) is 1. The predicted octanol–water partition coefficient (Wildman–Crippen LogP) is 0.478. The Labute approximate surface area is 119 Å². The second kappa shape index (κ2) is 5.80. The molecule has 7 heteroatoms. The number of aryl methyl sites for hydroxylation is 1. The highest BCUT2D eigenvalue weighted by atomic mass is 32.2. The lowest BCUT2D eigenvalue weighted by Crippen LogP contribution is -2.38. The third-order valence-corrected chi connectivity index (χ3v) is 4.82. The van der Waals surface area contributed by atoms with Crippen molar-refractivity contribution in [2.24, 2.45) is 0 Å². The molecule has 0 bridgehead atoms. The van der Waals surface area contributed by atoms with Crippen molar-refractivity contribution in [3.05, 3.63) is 23.8 Å². The van der Waals surface area contributed by atoms with Gasteiger partial charge >= 0.3 is 0 Å². The number of rotatable bonds is 4. The summed E-state index contributed by atoms with van der Waals surface area (Å²) in [5.41, 5.74) is 6.89. The molecule has 0 saturated carbocycles. The first-order valence-electron chi connectivity index (χ1n) is 6.54. The van der Waals surface area contributed by atoms with E-state index in [1.807, 2.05) is 0 Å². The summed E-state index contributed by atoms with van der Waals surface area (Å²) in [5, 5.41) is 0. The topological polar surface area (TPSA) is 92.5 Å². The highest BCUT2D eigenvalue weighted by molar-refractivity contribution is 7.89. The molecule has 1 aromatic carbocycles. The number of hydrogen-bond acceptors (Lipinski definition) is 4. The number of nitrogens with two attached hydrogens (primary N) is 1. The molecule has 1 amide bonds. The van der Waals surface area contributed by atoms with Crippen molar-refractivity contribution in [3.8, 4) is 0 Å². The number of carbonyl (C=O) groups is 1. The number of amides is 1. The molecule has 0 atom stereocenters. The number of nitrogens with one attached hydrogen (secondary N) is 1. The maximum absolute atomic E-state index is 12.1. The summed E-state index contributed by atoms with van der Waals surface area (Å²) in [6.07, 6.45) is 1.96. The van der Waals surface area contributed by atoms with E-state index in [2.05, 4.69) is 4.72 Å². The monoisotopic (exact) mass is 297 g/mol. The molecule has 3 N–H and O–H groups in total. The first-order chi connectivity index (χ1) is 9.40. The zero-order chi connectivity index (χ0) is 14.8. The molecule has 2 rings (SSSR count). The van der Waals surface area contributed by atoms with Crippen molar-refractivity contribution in [1.29, 1.82) is 0 Å². The Balaban J connectivity index is 2.03. The lowest BCUT2D eigenvalue weighted by atomic mass is 10.2. The van der Waals surface area contributed by atoms with Crippen LogP contribution in [0.4, 0.5) is 5.69 Å². The Morgan fingerprint density at radius 2 is 2.00 bits per heavy atom. The van der Waals surface area contributed by atoms with Crippen LogP contribution < -0.4 is 10.5 Å². The molecule has 6 nitrogen and oxygen atoms in total. The molecule has 1 saturated heterocycles. The van der Waals surface area contributed by atoms with Gasteiger partial charge < -0.3 is 10.6 Å². The zero-order valence-electron chi connectivity index (χ0n) is 11.4. The number of anilines is 1. The first-order valence-corrected chi connectivity index (χ1v) is 8.02. The van der Waals surface area contributed by atoms with Gasteiger partial charge in [-0.25, -0.2) is 13.1 Å². The van der Waals surface area contributed by atoms with Gasteiger partial charge in [0.2, 0.25) is 15.9 Å². The van der Waals surface area contributed by atoms with Crippen molar-refractivity contribution < 1.29 is 13.2 Å². The highest BCUT2D eigenvalue weighted by Crippen LogP contribution is 2.16. The van der Waals surface area contributed by atoms with E-state index in [0.717, 1.165) is 12.8 Å². The predicted molar refractivity (Wildman–Crippen MR) is 76.6 cm³/mol. The lowest BCUT2D eigenvalue weighted by Gasteiger charge is -2.15. The Bertz CT molecular complexity index is 607. The minimum atomic E-state index is -3.68. The quantitative estimate of drug-likeness (QED) is 0.791. The van der Waals surface area contributed by atoms with Gasteiger partial charge in [-0.1, -0.05) is 0 Å². The fourth-order valence-corrected chi connectivity index (χ4v) is 3.19. The van der Waals surface area contributed by atoms with Crippen LogP contribution in [0.5, 0.6) is 0 Å². The van der Waals surface area contributed by atoms with Gasteiger partial charge in [0.05, 0.1) is 11.4 Å². The highest BCUT2D eigenvalue weighted by Gasteiger charge is 2.21. The van der Waals surface area contributed by atoms with E-state index in [1.54, 1.807) is 17.9 Å². The van der Waals surface area contributed by atoms with Crippen molar-refractivity contribution in [1.82, 2.24) is 9.62 Å². The van der Waals surface area contributed by atoms with E-state index in [0.29, 0.717) is 24.3 Å². The molecule has 1 aromatic rings. The number of nitrogen functional groups attached to an aromatic ring is 1. The largest absolute Gasteiger partial charge is 0.399 e. The number of carbonyl (C=O) groups excluding carboxylic acids is 1. The lowest BCUT2D eigenvalue weighted by molar-refractivity contribution is -0.128. The summed E-state index contributed by atoms with van der Waals surface area (Å²) < 4.78 is 26.5. The second-order valence-electron chi connectivity index (χ2n) is 4.93. The maximum Gasteiger partial charge on any atom is 0.241 e. The van der Waals surface area contributed by atoms with Crippen LogP contribution in [0.25, 0.3) is 0 Å². The molecule has 110 valence electrons. The van der Waals surface area contributed by atoms with Crippen molar-refractivity contribution in [2.45, 2.75) is 24.7 Å². The third-order valence-electron chi connectivity index (χ3n) is 3.42. The minimum Gasteiger partial charge on any atom is -0.399 e. The van der Waals surface area contributed by atoms with E-state index in [-0.39, 0.29) is 17.3 Å². The van der Waals surface area contributed by atoms with Crippen LogP contribution in [-0.4, -0.2) is 38.9 Å². The molecule has 1 aliphatic heterocycles. The summed E-state index contributed by atoms with van der Waals surface area (Å²) in [5.74, 6) is -0.182. The van der Waals surface area contributed by atoms with Crippen molar-refractivity contribution in [3.63, 3.8) is 0 Å². The van der Waals surface area contributed by atoms with Gasteiger partial charge in [0.25, 0.3) is 0 Å². The summed E-state index contributed by atoms with van der Waals surface area (Å²) in [7, 11) is -3.68. The molecule has 0 aromatic heterocycles. The van der Waals surface area contributed by atoms with Crippen LogP contribution in [0.3, 0.4) is 0 Å². The fourth-order valence-electron chi connectivity index (χ4n) is 2.13. The number of sulfonamides is 1. The van der Waals surface area contributed by atoms with Crippen LogP contribution in [0, 0.1) is 6.92 Å². The molecular formula is C13H19N3O3S. The molecule has 0 aliphatic carbocycles. The van der Waals surface area contributed by atoms with Crippen LogP contribution in [-0.2, 0) is 14.8 Å². The van der Waals surface area contributed by atoms with Gasteiger partial charge in [-0.2, -0.15) is 0 Å². The molecule has 0 radical (unpaired) electrons. The molecule has 0 unspecified atom stereocenters. The number of likely N-dealkylation sites (tertiary alicyclic amines) is 1. The Morgan fingerprint density at radius 3 is 2.60 bits per heavy atom. The standard InChI is InChI=1S/C13H19N3O3S/c1-10-8-11(4-5-12(10)14)20(18,19)15-9-13(17)16-6-2-3-7-16/h4-5,8,15H,2-3,6-7,9,14H2,1H3. The van der Waals surface area contributed by atoms with Crippen LogP contribution in [0.15, 0.2) is 23.1 Å². The Hall–Kier alpha value is -1.60. The molecule has 20 heavy (non-hydrogen) atoms. The van der Waals surface area contributed by atoms with Crippen molar-refractivity contribution in [2.75, 3.05) is 25.4 Å². The normalized spacial score (nSPS) is 15.6. The second-order valence-corrected chi connectivity index (χ2v) is 6.70. The average molecular weight is 297 g/mol. The molecule has 1 fully saturated rings. The molecule has 1 aliphatic rings. The maximum atomic E-state index is 12.1. The molecular weight excluding hydrogens is 278 g/mol. The summed E-state index contributed by atoms with van der Waals surface area (Å²) in [4.78, 5) is 13.6. The van der Waals surface area contributed by atoms with E-state index in [4.69, 9.17) is 5.73 Å². The van der Waals surface area contributed by atoms with E-state index >= 15 is 0 Å². The van der Waals surface area contributed by atoms with E-state index in [9.17, 15) is 13.2 Å². The zero-order valence-corrected chi connectivity index (χ0v) is 12.2. The van der Waals surface area contributed by atoms with Gasteiger partial charge in [0, 0.05) is 18.8 Å². The summed E-state index contributed by atoms with van der Waals surface area (Å²) in [6, 6.07) is 4.48. The number of hydrogen-bond donors (Lipinski definition) is 2. The van der Waals surface area contributed by atoms with E-state index < -0.39 is 10.0 Å². The van der Waals surface area contributed by atoms with Gasteiger partial charge in [-0.15, -0.1) is 0 Å². The van der Waals surface area contributed by atoms with Gasteiger partial charge in [0.15, 0.2) is 0 Å².